The first-order chi connectivity index (χ1) is 8.77. The molecule has 0 unspecified atom stereocenters. The molecule has 0 spiro atoms. The van der Waals surface area contributed by atoms with Crippen molar-refractivity contribution in [1.82, 2.24) is 14.5 Å². The first kappa shape index (κ1) is 10.4. The molecule has 0 saturated carbocycles. The maximum atomic E-state index is 11.1. The predicted octanol–water partition coefficient (Wildman–Crippen LogP) is 2.33. The fourth-order valence-corrected chi connectivity index (χ4v) is 1.91. The molecule has 0 aliphatic rings. The fraction of sp³-hybridized carbons (Fsp3) is 0. The van der Waals surface area contributed by atoms with E-state index >= 15 is 0 Å². The summed E-state index contributed by atoms with van der Waals surface area (Å²) in [5.74, 6) is 0. The Morgan fingerprint density at radius 1 is 1.28 bits per heavy atom. The third kappa shape index (κ3) is 1.51. The van der Waals surface area contributed by atoms with E-state index in [0.29, 0.717) is 11.2 Å². The zero-order valence-corrected chi connectivity index (χ0v) is 9.22. The number of nitro groups is 1. The number of imidazole rings is 1. The van der Waals surface area contributed by atoms with Gasteiger partial charge in [-0.2, -0.15) is 0 Å². The number of pyridine rings is 1. The molecule has 0 atom stereocenters. The van der Waals surface area contributed by atoms with Crippen LogP contribution in [-0.4, -0.2) is 19.5 Å². The predicted molar refractivity (Wildman–Crippen MR) is 65.5 cm³/mol. The second kappa shape index (κ2) is 3.92. The molecule has 0 amide bonds. The summed E-state index contributed by atoms with van der Waals surface area (Å²) in [5, 5.41) is 11.8. The van der Waals surface area contributed by atoms with E-state index in [0.717, 1.165) is 5.39 Å². The number of aromatic nitrogens is 3. The lowest BCUT2D eigenvalue weighted by atomic mass is 10.1. The first-order valence-corrected chi connectivity index (χ1v) is 5.28. The highest BCUT2D eigenvalue weighted by molar-refractivity contribution is 5.90. The smallest absolute Gasteiger partial charge is 0.300 e. The van der Waals surface area contributed by atoms with Crippen LogP contribution < -0.4 is 0 Å². The summed E-state index contributed by atoms with van der Waals surface area (Å²) in [4.78, 5) is 18.7. The van der Waals surface area contributed by atoms with Crippen LogP contribution in [-0.2, 0) is 0 Å². The SMILES string of the molecule is O=[N+]([O-])c1cnc2ccccc2c1-n1ccnc1. The zero-order valence-electron chi connectivity index (χ0n) is 9.22. The number of hydrogen-bond acceptors (Lipinski definition) is 4. The molecule has 2 heterocycles. The molecule has 6 nitrogen and oxygen atoms in total. The van der Waals surface area contributed by atoms with Crippen molar-refractivity contribution in [1.29, 1.82) is 0 Å². The van der Waals surface area contributed by atoms with Gasteiger partial charge in [-0.3, -0.25) is 14.7 Å². The van der Waals surface area contributed by atoms with Crippen molar-refractivity contribution < 1.29 is 4.92 Å². The van der Waals surface area contributed by atoms with Crippen LogP contribution in [0.25, 0.3) is 16.6 Å². The van der Waals surface area contributed by atoms with Crippen LogP contribution in [0.3, 0.4) is 0 Å². The quantitative estimate of drug-likeness (QED) is 0.509. The Hall–Kier alpha value is -2.76. The van der Waals surface area contributed by atoms with E-state index in [4.69, 9.17) is 0 Å². The molecular weight excluding hydrogens is 232 g/mol. The van der Waals surface area contributed by atoms with Gasteiger partial charge < -0.3 is 0 Å². The minimum Gasteiger partial charge on any atom is -0.300 e. The second-order valence-electron chi connectivity index (χ2n) is 3.74. The van der Waals surface area contributed by atoms with Crippen LogP contribution in [0.5, 0.6) is 0 Å². The molecular formula is C12H8N4O2. The number of benzene rings is 1. The van der Waals surface area contributed by atoms with Crippen molar-refractivity contribution in [3.05, 3.63) is 59.3 Å². The van der Waals surface area contributed by atoms with Gasteiger partial charge in [0.25, 0.3) is 0 Å². The lowest BCUT2D eigenvalue weighted by Gasteiger charge is -2.07. The number of nitrogens with zero attached hydrogens (tertiary/aromatic N) is 4. The van der Waals surface area contributed by atoms with Gasteiger partial charge in [-0.1, -0.05) is 18.2 Å². The van der Waals surface area contributed by atoms with E-state index in [1.807, 2.05) is 24.3 Å². The molecule has 1 aromatic carbocycles. The molecule has 0 aliphatic heterocycles. The lowest BCUT2D eigenvalue weighted by Crippen LogP contribution is -2.00. The van der Waals surface area contributed by atoms with E-state index in [9.17, 15) is 10.1 Å². The van der Waals surface area contributed by atoms with Gasteiger partial charge in [-0.05, 0) is 6.07 Å². The summed E-state index contributed by atoms with van der Waals surface area (Å²) >= 11 is 0. The monoisotopic (exact) mass is 240 g/mol. The minimum atomic E-state index is -0.436. The lowest BCUT2D eigenvalue weighted by molar-refractivity contribution is -0.384. The highest BCUT2D eigenvalue weighted by atomic mass is 16.6. The van der Waals surface area contributed by atoms with Gasteiger partial charge in [0.05, 0.1) is 16.8 Å². The summed E-state index contributed by atoms with van der Waals surface area (Å²) < 4.78 is 1.63. The van der Waals surface area contributed by atoms with Crippen LogP contribution in [0.1, 0.15) is 0 Å². The molecule has 3 rings (SSSR count). The Balaban J connectivity index is 2.43. The van der Waals surface area contributed by atoms with E-state index < -0.39 is 4.92 Å². The summed E-state index contributed by atoms with van der Waals surface area (Å²) in [5.41, 5.74) is 1.17. The van der Waals surface area contributed by atoms with E-state index in [1.165, 1.54) is 12.5 Å². The number of hydrogen-bond donors (Lipinski definition) is 0. The molecule has 88 valence electrons. The van der Waals surface area contributed by atoms with Gasteiger partial charge in [-0.15, -0.1) is 0 Å². The average Bonchev–Trinajstić information content (AvgIpc) is 2.90. The molecule has 0 fully saturated rings. The third-order valence-corrected chi connectivity index (χ3v) is 2.69. The first-order valence-electron chi connectivity index (χ1n) is 5.28. The minimum absolute atomic E-state index is 0.0355. The number of fused-ring (bicyclic) bond motifs is 1. The summed E-state index contributed by atoms with van der Waals surface area (Å²) in [6, 6.07) is 7.30. The molecule has 0 aliphatic carbocycles. The van der Waals surface area contributed by atoms with Gasteiger partial charge >= 0.3 is 5.69 Å². The van der Waals surface area contributed by atoms with Crippen molar-refractivity contribution in [2.45, 2.75) is 0 Å². The van der Waals surface area contributed by atoms with Gasteiger partial charge in [0.1, 0.15) is 11.9 Å². The van der Waals surface area contributed by atoms with Crippen molar-refractivity contribution >= 4 is 16.6 Å². The fourth-order valence-electron chi connectivity index (χ4n) is 1.91. The molecule has 2 aromatic heterocycles. The highest BCUT2D eigenvalue weighted by Crippen LogP contribution is 2.29. The van der Waals surface area contributed by atoms with Crippen LogP contribution >= 0.6 is 0 Å². The number of rotatable bonds is 2. The van der Waals surface area contributed by atoms with E-state index in [2.05, 4.69) is 9.97 Å². The van der Waals surface area contributed by atoms with Crippen molar-refractivity contribution in [3.63, 3.8) is 0 Å². The Labute approximate surface area is 102 Å². The summed E-state index contributed by atoms with van der Waals surface area (Å²) in [6.07, 6.45) is 6.07. The van der Waals surface area contributed by atoms with Gasteiger partial charge in [-0.25, -0.2) is 9.97 Å². The molecule has 18 heavy (non-hydrogen) atoms. The Morgan fingerprint density at radius 3 is 2.83 bits per heavy atom. The molecule has 6 heteroatoms. The van der Waals surface area contributed by atoms with Crippen molar-refractivity contribution in [3.8, 4) is 5.69 Å². The van der Waals surface area contributed by atoms with Crippen molar-refractivity contribution in [2.75, 3.05) is 0 Å². The Bertz CT molecular complexity index is 722. The highest BCUT2D eigenvalue weighted by Gasteiger charge is 2.18. The molecule has 3 aromatic rings. The normalized spacial score (nSPS) is 10.7. The maximum Gasteiger partial charge on any atom is 0.312 e. The molecule has 0 radical (unpaired) electrons. The third-order valence-electron chi connectivity index (χ3n) is 2.69. The van der Waals surface area contributed by atoms with E-state index in [1.54, 1.807) is 17.0 Å². The Morgan fingerprint density at radius 2 is 2.11 bits per heavy atom. The van der Waals surface area contributed by atoms with Crippen LogP contribution in [0, 0.1) is 10.1 Å². The van der Waals surface area contributed by atoms with Gasteiger partial charge in [0.2, 0.25) is 0 Å². The van der Waals surface area contributed by atoms with Crippen molar-refractivity contribution in [2.24, 2.45) is 0 Å². The second-order valence-corrected chi connectivity index (χ2v) is 3.74. The van der Waals surface area contributed by atoms with Crippen LogP contribution in [0.4, 0.5) is 5.69 Å². The van der Waals surface area contributed by atoms with Gasteiger partial charge in [0, 0.05) is 17.8 Å². The van der Waals surface area contributed by atoms with E-state index in [-0.39, 0.29) is 5.69 Å². The average molecular weight is 240 g/mol. The van der Waals surface area contributed by atoms with Crippen LogP contribution in [0.15, 0.2) is 49.2 Å². The summed E-state index contributed by atoms with van der Waals surface area (Å²) in [6.45, 7) is 0. The number of para-hydroxylation sites is 1. The Kier molecular flexibility index (Phi) is 2.26. The molecule has 0 N–H and O–H groups in total. The summed E-state index contributed by atoms with van der Waals surface area (Å²) in [7, 11) is 0. The molecule has 0 saturated heterocycles. The zero-order chi connectivity index (χ0) is 12.5. The topological polar surface area (TPSA) is 73.8 Å². The largest absolute Gasteiger partial charge is 0.312 e. The van der Waals surface area contributed by atoms with Crippen LogP contribution in [0.2, 0.25) is 0 Å². The van der Waals surface area contributed by atoms with Gasteiger partial charge in [0.15, 0.2) is 0 Å². The molecule has 0 bridgehead atoms. The standard InChI is InChI=1S/C12H8N4O2/c17-16(18)11-7-14-10-4-2-1-3-9(10)12(11)15-6-5-13-8-15/h1-8H. The maximum absolute atomic E-state index is 11.1.